The Kier molecular flexibility index (Phi) is 5.14. The number of benzene rings is 2. The summed E-state index contributed by atoms with van der Waals surface area (Å²) >= 11 is 0. The minimum atomic E-state index is -0.242. The van der Waals surface area contributed by atoms with E-state index in [1.807, 2.05) is 29.2 Å². The number of hydrogen-bond acceptors (Lipinski definition) is 2. The van der Waals surface area contributed by atoms with Crippen LogP contribution < -0.4 is 4.74 Å². The molecule has 126 valence electrons. The zero-order valence-electron chi connectivity index (χ0n) is 13.9. The molecule has 0 radical (unpaired) electrons. The lowest BCUT2D eigenvalue weighted by molar-refractivity contribution is -0.132. The number of rotatable bonds is 5. The molecular formula is C20H22FNO2. The van der Waals surface area contributed by atoms with Gasteiger partial charge in [0, 0.05) is 13.0 Å². The van der Waals surface area contributed by atoms with Crippen molar-refractivity contribution in [1.29, 1.82) is 0 Å². The van der Waals surface area contributed by atoms with E-state index in [1.165, 1.54) is 12.1 Å². The third kappa shape index (κ3) is 3.75. The van der Waals surface area contributed by atoms with E-state index in [0.29, 0.717) is 6.42 Å². The Bertz CT molecular complexity index is 682. The van der Waals surface area contributed by atoms with Gasteiger partial charge < -0.3 is 9.64 Å². The summed E-state index contributed by atoms with van der Waals surface area (Å²) in [6.45, 7) is 0.781. The Morgan fingerprint density at radius 3 is 2.54 bits per heavy atom. The maximum absolute atomic E-state index is 13.1. The highest BCUT2D eigenvalue weighted by atomic mass is 19.1. The van der Waals surface area contributed by atoms with Gasteiger partial charge in [0.1, 0.15) is 11.6 Å². The Balaban J connectivity index is 1.61. The van der Waals surface area contributed by atoms with Gasteiger partial charge in [-0.2, -0.15) is 0 Å². The quantitative estimate of drug-likeness (QED) is 0.826. The molecule has 0 aliphatic carbocycles. The molecular weight excluding hydrogens is 305 g/mol. The van der Waals surface area contributed by atoms with Crippen molar-refractivity contribution in [3.05, 3.63) is 65.5 Å². The van der Waals surface area contributed by atoms with Gasteiger partial charge in [-0.3, -0.25) is 4.79 Å². The second-order valence-corrected chi connectivity index (χ2v) is 6.14. The lowest BCUT2D eigenvalue weighted by Gasteiger charge is -2.25. The summed E-state index contributed by atoms with van der Waals surface area (Å²) in [5.74, 6) is 0.743. The molecule has 0 aromatic heterocycles. The first-order chi connectivity index (χ1) is 11.7. The molecule has 1 aliphatic heterocycles. The fraction of sp³-hybridized carbons (Fsp3) is 0.350. The lowest BCUT2D eigenvalue weighted by Crippen LogP contribution is -2.30. The molecule has 0 saturated carbocycles. The highest BCUT2D eigenvalue weighted by molar-refractivity contribution is 5.77. The smallest absolute Gasteiger partial charge is 0.223 e. The summed E-state index contributed by atoms with van der Waals surface area (Å²) in [6, 6.07) is 14.4. The zero-order valence-corrected chi connectivity index (χ0v) is 13.9. The predicted molar refractivity (Wildman–Crippen MR) is 91.4 cm³/mol. The zero-order chi connectivity index (χ0) is 16.9. The summed E-state index contributed by atoms with van der Waals surface area (Å²) in [6.07, 6.45) is 3.15. The number of likely N-dealkylation sites (tertiary alicyclic amines) is 1. The van der Waals surface area contributed by atoms with E-state index in [1.54, 1.807) is 19.2 Å². The van der Waals surface area contributed by atoms with E-state index in [4.69, 9.17) is 4.74 Å². The van der Waals surface area contributed by atoms with Gasteiger partial charge >= 0.3 is 0 Å². The third-order valence-electron chi connectivity index (χ3n) is 4.61. The minimum absolute atomic E-state index is 0.0777. The molecule has 3 nitrogen and oxygen atoms in total. The lowest BCUT2D eigenvalue weighted by atomic mass is 10.0. The van der Waals surface area contributed by atoms with E-state index >= 15 is 0 Å². The summed E-state index contributed by atoms with van der Waals surface area (Å²) in [5.41, 5.74) is 2.15. The van der Waals surface area contributed by atoms with Crippen LogP contribution in [-0.4, -0.2) is 24.5 Å². The average molecular weight is 327 g/mol. The number of carbonyl (C=O) groups is 1. The summed E-state index contributed by atoms with van der Waals surface area (Å²) < 4.78 is 18.2. The van der Waals surface area contributed by atoms with Crippen LogP contribution in [0.1, 0.15) is 36.4 Å². The molecule has 0 bridgehead atoms. The van der Waals surface area contributed by atoms with Crippen molar-refractivity contribution >= 4 is 5.91 Å². The monoisotopic (exact) mass is 327 g/mol. The minimum Gasteiger partial charge on any atom is -0.497 e. The molecule has 1 atom stereocenters. The molecule has 1 heterocycles. The number of hydrogen-bond donors (Lipinski definition) is 0. The van der Waals surface area contributed by atoms with Gasteiger partial charge in [-0.25, -0.2) is 4.39 Å². The second kappa shape index (κ2) is 7.47. The molecule has 24 heavy (non-hydrogen) atoms. The molecule has 4 heteroatoms. The molecule has 1 saturated heterocycles. The largest absolute Gasteiger partial charge is 0.497 e. The third-order valence-corrected chi connectivity index (χ3v) is 4.61. The Labute approximate surface area is 142 Å². The predicted octanol–water partition coefficient (Wildman–Crippen LogP) is 4.13. The molecule has 0 spiro atoms. The number of carbonyl (C=O) groups excluding carboxylic acids is 1. The van der Waals surface area contributed by atoms with Crippen molar-refractivity contribution in [1.82, 2.24) is 4.90 Å². The van der Waals surface area contributed by atoms with Crippen molar-refractivity contribution in [2.45, 2.75) is 31.7 Å². The molecule has 2 aromatic carbocycles. The van der Waals surface area contributed by atoms with Gasteiger partial charge in [-0.15, -0.1) is 0 Å². The maximum atomic E-state index is 13.1. The number of halogens is 1. The topological polar surface area (TPSA) is 29.5 Å². The first-order valence-electron chi connectivity index (χ1n) is 8.35. The first-order valence-corrected chi connectivity index (χ1v) is 8.35. The van der Waals surface area contributed by atoms with Gasteiger partial charge in [-0.05, 0) is 54.7 Å². The van der Waals surface area contributed by atoms with Gasteiger partial charge in [0.05, 0.1) is 13.2 Å². The SMILES string of the molecule is COc1ccc(CCC(=O)N2CCC[C@@H]2c2ccc(F)cc2)cc1. The van der Waals surface area contributed by atoms with Crippen LogP contribution in [0, 0.1) is 5.82 Å². The normalized spacial score (nSPS) is 17.1. The van der Waals surface area contributed by atoms with Crippen LogP contribution in [0.5, 0.6) is 5.75 Å². The van der Waals surface area contributed by atoms with Gasteiger partial charge in [0.15, 0.2) is 0 Å². The number of ether oxygens (including phenoxy) is 1. The van der Waals surface area contributed by atoms with Gasteiger partial charge in [0.2, 0.25) is 5.91 Å². The van der Waals surface area contributed by atoms with Gasteiger partial charge in [-0.1, -0.05) is 24.3 Å². The summed E-state index contributed by atoms with van der Waals surface area (Å²) in [5, 5.41) is 0. The van der Waals surface area contributed by atoms with E-state index in [9.17, 15) is 9.18 Å². The van der Waals surface area contributed by atoms with E-state index < -0.39 is 0 Å². The number of methoxy groups -OCH3 is 1. The van der Waals surface area contributed by atoms with Crippen LogP contribution in [0.3, 0.4) is 0 Å². The highest BCUT2D eigenvalue weighted by Gasteiger charge is 2.29. The van der Waals surface area contributed by atoms with Crippen molar-refractivity contribution in [2.75, 3.05) is 13.7 Å². The number of amides is 1. The van der Waals surface area contributed by atoms with E-state index in [-0.39, 0.29) is 17.8 Å². The van der Waals surface area contributed by atoms with Crippen molar-refractivity contribution in [2.24, 2.45) is 0 Å². The highest BCUT2D eigenvalue weighted by Crippen LogP contribution is 2.32. The molecule has 0 unspecified atom stereocenters. The maximum Gasteiger partial charge on any atom is 0.223 e. The Morgan fingerprint density at radius 2 is 1.88 bits per heavy atom. The van der Waals surface area contributed by atoms with Crippen LogP contribution in [-0.2, 0) is 11.2 Å². The standard InChI is InChI=1S/C20H22FNO2/c1-24-18-11-4-15(5-12-18)6-13-20(23)22-14-2-3-19(22)16-7-9-17(21)10-8-16/h4-5,7-12,19H,2-3,6,13-14H2,1H3/t19-/m1/s1. The van der Waals surface area contributed by atoms with E-state index in [0.717, 1.165) is 42.7 Å². The molecule has 2 aromatic rings. The molecule has 1 aliphatic rings. The van der Waals surface area contributed by atoms with Crippen molar-refractivity contribution in [3.8, 4) is 5.75 Å². The van der Waals surface area contributed by atoms with Crippen LogP contribution >= 0.6 is 0 Å². The second-order valence-electron chi connectivity index (χ2n) is 6.14. The van der Waals surface area contributed by atoms with Crippen LogP contribution in [0.2, 0.25) is 0 Å². The first kappa shape index (κ1) is 16.5. The van der Waals surface area contributed by atoms with Crippen molar-refractivity contribution in [3.63, 3.8) is 0 Å². The fourth-order valence-corrected chi connectivity index (χ4v) is 3.28. The van der Waals surface area contributed by atoms with E-state index in [2.05, 4.69) is 0 Å². The molecule has 1 amide bonds. The molecule has 1 fully saturated rings. The number of nitrogens with zero attached hydrogens (tertiary/aromatic N) is 1. The summed E-state index contributed by atoms with van der Waals surface area (Å²) in [4.78, 5) is 14.6. The molecule has 3 rings (SSSR count). The van der Waals surface area contributed by atoms with Crippen LogP contribution in [0.4, 0.5) is 4.39 Å². The average Bonchev–Trinajstić information content (AvgIpc) is 3.10. The Hall–Kier alpha value is -2.36. The van der Waals surface area contributed by atoms with Crippen LogP contribution in [0.15, 0.2) is 48.5 Å². The fourth-order valence-electron chi connectivity index (χ4n) is 3.28. The van der Waals surface area contributed by atoms with Crippen molar-refractivity contribution < 1.29 is 13.9 Å². The number of aryl methyl sites for hydroxylation is 1. The molecule has 0 N–H and O–H groups in total. The Morgan fingerprint density at radius 1 is 1.17 bits per heavy atom. The summed E-state index contributed by atoms with van der Waals surface area (Å²) in [7, 11) is 1.64. The van der Waals surface area contributed by atoms with Gasteiger partial charge in [0.25, 0.3) is 0 Å². The van der Waals surface area contributed by atoms with Crippen LogP contribution in [0.25, 0.3) is 0 Å².